The second-order valence-electron chi connectivity index (χ2n) is 4.70. The van der Waals surface area contributed by atoms with Gasteiger partial charge in [-0.25, -0.2) is 0 Å². The smallest absolute Gasteiger partial charge is 0.0886 e. The van der Waals surface area contributed by atoms with Crippen LogP contribution in [0, 0.1) is 13.8 Å². The highest BCUT2D eigenvalue weighted by atomic mass is 15.1. The first kappa shape index (κ1) is 11.7. The molecule has 0 saturated heterocycles. The van der Waals surface area contributed by atoms with Gasteiger partial charge in [-0.3, -0.25) is 10.1 Å². The topological polar surface area (TPSA) is 41.6 Å². The van der Waals surface area contributed by atoms with E-state index in [4.69, 9.17) is 0 Å². The largest absolute Gasteiger partial charge is 0.276 e. The number of aromatic nitrogens is 3. The number of pyridine rings is 1. The van der Waals surface area contributed by atoms with Gasteiger partial charge in [-0.15, -0.1) is 0 Å². The average Bonchev–Trinajstić information content (AvgIpc) is 2.96. The van der Waals surface area contributed by atoms with Crippen LogP contribution in [0.3, 0.4) is 0 Å². The van der Waals surface area contributed by atoms with Crippen LogP contribution < -0.4 is 0 Å². The maximum absolute atomic E-state index is 4.38. The van der Waals surface area contributed by atoms with Crippen molar-refractivity contribution in [3.63, 3.8) is 0 Å². The lowest BCUT2D eigenvalue weighted by molar-refractivity contribution is 1.09. The van der Waals surface area contributed by atoms with Crippen molar-refractivity contribution in [2.45, 2.75) is 13.8 Å². The van der Waals surface area contributed by atoms with Crippen molar-refractivity contribution in [1.82, 2.24) is 15.2 Å². The van der Waals surface area contributed by atoms with E-state index in [9.17, 15) is 0 Å². The van der Waals surface area contributed by atoms with E-state index in [-0.39, 0.29) is 0 Å². The van der Waals surface area contributed by atoms with Crippen LogP contribution in [0.1, 0.15) is 11.1 Å². The van der Waals surface area contributed by atoms with Gasteiger partial charge in [0.1, 0.15) is 0 Å². The van der Waals surface area contributed by atoms with Gasteiger partial charge in [-0.2, -0.15) is 5.10 Å². The molecular weight excluding hydrogens is 234 g/mol. The van der Waals surface area contributed by atoms with E-state index >= 15 is 0 Å². The first-order valence-corrected chi connectivity index (χ1v) is 6.27. The first-order chi connectivity index (χ1) is 9.24. The number of nitrogens with zero attached hydrogens (tertiary/aromatic N) is 2. The summed E-state index contributed by atoms with van der Waals surface area (Å²) in [6, 6.07) is 12.5. The Morgan fingerprint density at radius 1 is 0.842 bits per heavy atom. The molecule has 0 unspecified atom stereocenters. The number of benzene rings is 1. The van der Waals surface area contributed by atoms with Gasteiger partial charge in [0.2, 0.25) is 0 Å². The van der Waals surface area contributed by atoms with Gasteiger partial charge in [0, 0.05) is 12.4 Å². The number of hydrogen-bond donors (Lipinski definition) is 1. The van der Waals surface area contributed by atoms with Crippen LogP contribution in [-0.2, 0) is 0 Å². The summed E-state index contributed by atoms with van der Waals surface area (Å²) in [6.45, 7) is 4.26. The van der Waals surface area contributed by atoms with E-state index in [0.29, 0.717) is 0 Å². The highest BCUT2D eigenvalue weighted by molar-refractivity contribution is 5.69. The first-order valence-electron chi connectivity index (χ1n) is 6.27. The fourth-order valence-electron chi connectivity index (χ4n) is 2.08. The number of nitrogens with one attached hydrogen (secondary N) is 1. The minimum absolute atomic E-state index is 0.910. The van der Waals surface area contributed by atoms with Gasteiger partial charge in [-0.1, -0.05) is 18.2 Å². The fourth-order valence-corrected chi connectivity index (χ4v) is 2.08. The lowest BCUT2D eigenvalue weighted by atomic mass is 10.0. The van der Waals surface area contributed by atoms with Crippen molar-refractivity contribution >= 4 is 0 Å². The van der Waals surface area contributed by atoms with Crippen LogP contribution in [0.15, 0.2) is 48.8 Å². The molecule has 94 valence electrons. The summed E-state index contributed by atoms with van der Waals surface area (Å²) >= 11 is 0. The summed E-state index contributed by atoms with van der Waals surface area (Å²) in [5, 5.41) is 6.90. The maximum Gasteiger partial charge on any atom is 0.0886 e. The third kappa shape index (κ3) is 2.27. The van der Waals surface area contributed by atoms with E-state index < -0.39 is 0 Å². The Morgan fingerprint density at radius 2 is 1.68 bits per heavy atom. The van der Waals surface area contributed by atoms with Gasteiger partial charge < -0.3 is 0 Å². The Labute approximate surface area is 112 Å². The molecule has 0 saturated carbocycles. The highest BCUT2D eigenvalue weighted by Crippen LogP contribution is 2.25. The molecule has 0 aliphatic rings. The molecule has 0 aliphatic heterocycles. The lowest BCUT2D eigenvalue weighted by Crippen LogP contribution is -1.87. The summed E-state index contributed by atoms with van der Waals surface area (Å²) < 4.78 is 0. The van der Waals surface area contributed by atoms with E-state index in [2.05, 4.69) is 53.3 Å². The molecule has 0 atom stereocenters. The van der Waals surface area contributed by atoms with Gasteiger partial charge in [0.05, 0.1) is 11.4 Å². The fraction of sp³-hybridized carbons (Fsp3) is 0.125. The minimum Gasteiger partial charge on any atom is -0.276 e. The summed E-state index contributed by atoms with van der Waals surface area (Å²) in [7, 11) is 0. The Kier molecular flexibility index (Phi) is 2.88. The second-order valence-corrected chi connectivity index (χ2v) is 4.70. The molecule has 0 spiro atoms. The minimum atomic E-state index is 0.910. The van der Waals surface area contributed by atoms with E-state index in [1.54, 1.807) is 6.20 Å². The van der Waals surface area contributed by atoms with Crippen LogP contribution >= 0.6 is 0 Å². The summed E-state index contributed by atoms with van der Waals surface area (Å²) in [4.78, 5) is 4.38. The molecule has 3 rings (SSSR count). The van der Waals surface area contributed by atoms with Crippen LogP contribution in [0.5, 0.6) is 0 Å². The van der Waals surface area contributed by atoms with Gasteiger partial charge in [0.25, 0.3) is 0 Å². The molecule has 3 aromatic rings. The third-order valence-electron chi connectivity index (χ3n) is 3.38. The third-order valence-corrected chi connectivity index (χ3v) is 3.38. The molecule has 1 N–H and O–H groups in total. The predicted molar refractivity (Wildman–Crippen MR) is 76.7 cm³/mol. The zero-order chi connectivity index (χ0) is 13.2. The van der Waals surface area contributed by atoms with E-state index in [0.717, 1.165) is 11.4 Å². The van der Waals surface area contributed by atoms with Crippen LogP contribution in [-0.4, -0.2) is 15.2 Å². The Bertz CT molecular complexity index is 700. The molecule has 0 fully saturated rings. The Hall–Kier alpha value is -2.42. The SMILES string of the molecule is Cc1ccc(-c2ccnc(-c3ccn[nH]3)c2)cc1C. The molecular formula is C16H15N3. The molecule has 2 aromatic heterocycles. The van der Waals surface area contributed by atoms with Crippen molar-refractivity contribution in [3.8, 4) is 22.5 Å². The Balaban J connectivity index is 2.06. The molecule has 19 heavy (non-hydrogen) atoms. The number of H-pyrrole nitrogens is 1. The van der Waals surface area contributed by atoms with Crippen LogP contribution in [0.2, 0.25) is 0 Å². The van der Waals surface area contributed by atoms with Crippen molar-refractivity contribution in [3.05, 3.63) is 59.9 Å². The normalized spacial score (nSPS) is 10.6. The molecule has 0 amide bonds. The molecule has 0 radical (unpaired) electrons. The molecule has 0 aliphatic carbocycles. The summed E-state index contributed by atoms with van der Waals surface area (Å²) in [5.41, 5.74) is 6.84. The van der Waals surface area contributed by atoms with Crippen LogP contribution in [0.4, 0.5) is 0 Å². The molecule has 3 nitrogen and oxygen atoms in total. The summed E-state index contributed by atoms with van der Waals surface area (Å²) in [5.74, 6) is 0. The monoisotopic (exact) mass is 249 g/mol. The lowest BCUT2D eigenvalue weighted by Gasteiger charge is -2.06. The number of hydrogen-bond acceptors (Lipinski definition) is 2. The highest BCUT2D eigenvalue weighted by Gasteiger charge is 2.04. The van der Waals surface area contributed by atoms with Gasteiger partial charge in [0.15, 0.2) is 0 Å². The number of aryl methyl sites for hydroxylation is 2. The van der Waals surface area contributed by atoms with Crippen molar-refractivity contribution in [2.24, 2.45) is 0 Å². The van der Waals surface area contributed by atoms with Crippen molar-refractivity contribution < 1.29 is 0 Å². The predicted octanol–water partition coefficient (Wildman–Crippen LogP) is 3.76. The molecule has 1 aromatic carbocycles. The van der Waals surface area contributed by atoms with E-state index in [1.165, 1.54) is 22.3 Å². The van der Waals surface area contributed by atoms with E-state index in [1.807, 2.05) is 18.3 Å². The van der Waals surface area contributed by atoms with Crippen LogP contribution in [0.25, 0.3) is 22.5 Å². The quantitative estimate of drug-likeness (QED) is 0.751. The van der Waals surface area contributed by atoms with Gasteiger partial charge >= 0.3 is 0 Å². The summed E-state index contributed by atoms with van der Waals surface area (Å²) in [6.07, 6.45) is 3.57. The maximum atomic E-state index is 4.38. The standard InChI is InChI=1S/C16H15N3/c1-11-3-4-13(9-12(11)2)14-5-7-17-16(10-14)15-6-8-18-19-15/h3-10H,1-2H3,(H,18,19). The Morgan fingerprint density at radius 3 is 2.42 bits per heavy atom. The van der Waals surface area contributed by atoms with Crippen molar-refractivity contribution in [2.75, 3.05) is 0 Å². The van der Waals surface area contributed by atoms with Crippen molar-refractivity contribution in [1.29, 1.82) is 0 Å². The van der Waals surface area contributed by atoms with Gasteiger partial charge in [-0.05, 0) is 54.3 Å². The second kappa shape index (κ2) is 4.69. The number of rotatable bonds is 2. The molecule has 0 bridgehead atoms. The average molecular weight is 249 g/mol. The molecule has 2 heterocycles. The number of aromatic amines is 1. The molecule has 3 heteroatoms. The zero-order valence-corrected chi connectivity index (χ0v) is 11.0. The zero-order valence-electron chi connectivity index (χ0n) is 11.0.